The molecule has 0 unspecified atom stereocenters. The van der Waals surface area contributed by atoms with Crippen molar-refractivity contribution in [3.63, 3.8) is 0 Å². The van der Waals surface area contributed by atoms with Gasteiger partial charge in [-0.15, -0.1) is 11.8 Å². The zero-order chi connectivity index (χ0) is 43.3. The summed E-state index contributed by atoms with van der Waals surface area (Å²) in [5.41, 5.74) is 12.8. The van der Waals surface area contributed by atoms with Crippen LogP contribution in [0.1, 0.15) is 96.8 Å². The van der Waals surface area contributed by atoms with Crippen LogP contribution < -0.4 is 33.0 Å². The van der Waals surface area contributed by atoms with Gasteiger partial charge >= 0.3 is 5.97 Å². The molecule has 334 valence electrons. The number of hydrogen-bond donors (Lipinski definition) is 10. The molecule has 0 bridgehead atoms. The van der Waals surface area contributed by atoms with Crippen LogP contribution in [-0.4, -0.2) is 149 Å². The molecule has 12 N–H and O–H groups in total. The van der Waals surface area contributed by atoms with Gasteiger partial charge in [-0.05, 0) is 12.8 Å². The SMILES string of the molecule is CC(=O)N[C@@H]1[C@@H](O)[C@@H](O)[C@@H](CO)O[C@H]1SCCC(=O)NNC(=O)CCOCC(COCCC(N)=O)(COCCC(N)=O)NC(=O)CCCCCCCCCCC(=O)O. The molecule has 0 radical (unpaired) electrons. The van der Waals surface area contributed by atoms with Gasteiger partial charge in [0.25, 0.3) is 0 Å². The van der Waals surface area contributed by atoms with Crippen molar-refractivity contribution in [2.24, 2.45) is 11.5 Å². The number of hydrazine groups is 1. The lowest BCUT2D eigenvalue weighted by Crippen LogP contribution is -2.63. The molecule has 0 aromatic rings. The number of primary amides is 2. The molecule has 22 heteroatoms. The lowest BCUT2D eigenvalue weighted by atomic mass is 9.98. The van der Waals surface area contributed by atoms with Crippen molar-refractivity contribution < 1.29 is 72.9 Å². The van der Waals surface area contributed by atoms with Crippen molar-refractivity contribution in [3.8, 4) is 0 Å². The molecule has 0 aliphatic carbocycles. The molecule has 1 heterocycles. The van der Waals surface area contributed by atoms with Gasteiger partial charge in [-0.3, -0.25) is 44.4 Å². The van der Waals surface area contributed by atoms with E-state index < -0.39 is 77.4 Å². The number of hydrogen-bond acceptors (Lipinski definition) is 15. The van der Waals surface area contributed by atoms with Gasteiger partial charge in [0.1, 0.15) is 29.3 Å². The van der Waals surface area contributed by atoms with E-state index in [1.54, 1.807) is 0 Å². The van der Waals surface area contributed by atoms with Crippen molar-refractivity contribution >= 4 is 53.2 Å². The maximum absolute atomic E-state index is 13.1. The highest BCUT2D eigenvalue weighted by molar-refractivity contribution is 7.99. The number of carboxylic acid groups (broad SMARTS) is 1. The zero-order valence-electron chi connectivity index (χ0n) is 33.3. The van der Waals surface area contributed by atoms with Gasteiger partial charge in [0.05, 0.1) is 58.7 Å². The second-order valence-corrected chi connectivity index (χ2v) is 15.2. The van der Waals surface area contributed by atoms with Gasteiger partial charge in [-0.25, -0.2) is 0 Å². The number of rotatable bonds is 33. The molecular formula is C36H64N6O15S. The van der Waals surface area contributed by atoms with Crippen LogP contribution in [0.15, 0.2) is 0 Å². The van der Waals surface area contributed by atoms with Gasteiger partial charge in [-0.2, -0.15) is 0 Å². The van der Waals surface area contributed by atoms with Crippen LogP contribution in [0.2, 0.25) is 0 Å². The molecule has 5 atom stereocenters. The first-order chi connectivity index (χ1) is 27.6. The van der Waals surface area contributed by atoms with Crippen molar-refractivity contribution in [3.05, 3.63) is 0 Å². The normalized spacial score (nSPS) is 19.2. The van der Waals surface area contributed by atoms with Gasteiger partial charge < -0.3 is 61.5 Å². The number of ether oxygens (including phenoxy) is 4. The van der Waals surface area contributed by atoms with Crippen molar-refractivity contribution in [2.75, 3.05) is 52.0 Å². The van der Waals surface area contributed by atoms with E-state index >= 15 is 0 Å². The van der Waals surface area contributed by atoms with E-state index in [0.29, 0.717) is 12.8 Å². The molecule has 0 spiro atoms. The summed E-state index contributed by atoms with van der Waals surface area (Å²) in [4.78, 5) is 82.9. The second-order valence-electron chi connectivity index (χ2n) is 14.0. The Morgan fingerprint density at radius 1 is 0.672 bits per heavy atom. The van der Waals surface area contributed by atoms with E-state index in [4.69, 9.17) is 35.5 Å². The average Bonchev–Trinajstić information content (AvgIpc) is 3.15. The fraction of sp³-hybridized carbons (Fsp3) is 0.806. The van der Waals surface area contributed by atoms with Crippen LogP contribution in [0.3, 0.4) is 0 Å². The summed E-state index contributed by atoms with van der Waals surface area (Å²) < 4.78 is 22.7. The summed E-state index contributed by atoms with van der Waals surface area (Å²) >= 11 is 1.06. The quantitative estimate of drug-likeness (QED) is 0.0258. The Kier molecular flexibility index (Phi) is 27.5. The van der Waals surface area contributed by atoms with Crippen molar-refractivity contribution in [2.45, 2.75) is 132 Å². The molecule has 0 aromatic heterocycles. The first-order valence-corrected chi connectivity index (χ1v) is 20.6. The third kappa shape index (κ3) is 24.3. The standard InChI is InChI=1S/C36H64N6O15S/c1-24(44)39-32-34(53)33(52)25(20-43)57-35(32)58-19-15-30(49)42-41-29(48)14-18-56-23-36(21-54-16-12-26(37)45,22-55-17-13-27(38)46)40-28(47)10-8-6-4-2-3-5-7-9-11-31(50)51/h25,32-35,43,52-53H,2-23H2,1H3,(H2,37,45)(H2,38,46)(H,39,44)(H,40,47)(H,41,48)(H,42,49)(H,50,51)/t25-,32-,33+,34-,35+/m1/s1. The molecule has 1 rings (SSSR count). The third-order valence-corrected chi connectivity index (χ3v) is 9.92. The maximum atomic E-state index is 13.1. The number of carbonyl (C=O) groups is 7. The largest absolute Gasteiger partial charge is 0.481 e. The van der Waals surface area contributed by atoms with Gasteiger partial charge in [-0.1, -0.05) is 38.5 Å². The monoisotopic (exact) mass is 852 g/mol. The number of aliphatic hydroxyl groups is 3. The Bertz CT molecular complexity index is 1260. The molecule has 1 saturated heterocycles. The Hall–Kier alpha value is -3.64. The molecule has 0 aromatic carbocycles. The summed E-state index contributed by atoms with van der Waals surface area (Å²) in [6.45, 7) is -0.136. The van der Waals surface area contributed by atoms with E-state index in [9.17, 15) is 48.9 Å². The first-order valence-electron chi connectivity index (χ1n) is 19.5. The minimum Gasteiger partial charge on any atom is -0.481 e. The Morgan fingerprint density at radius 2 is 1.16 bits per heavy atom. The highest BCUT2D eigenvalue weighted by Gasteiger charge is 2.44. The van der Waals surface area contributed by atoms with E-state index in [1.807, 2.05) is 0 Å². The van der Waals surface area contributed by atoms with Gasteiger partial charge in [0, 0.05) is 44.8 Å². The van der Waals surface area contributed by atoms with Crippen LogP contribution in [-0.2, 0) is 52.5 Å². The number of aliphatic hydroxyl groups excluding tert-OH is 3. The van der Waals surface area contributed by atoms with Gasteiger partial charge in [0.15, 0.2) is 0 Å². The topological polar surface area (TPSA) is 337 Å². The Morgan fingerprint density at radius 3 is 1.64 bits per heavy atom. The number of carboxylic acids is 1. The van der Waals surface area contributed by atoms with Crippen LogP contribution >= 0.6 is 11.8 Å². The lowest BCUT2D eigenvalue weighted by Gasteiger charge is -2.42. The molecule has 21 nitrogen and oxygen atoms in total. The smallest absolute Gasteiger partial charge is 0.303 e. The molecular weight excluding hydrogens is 788 g/mol. The summed E-state index contributed by atoms with van der Waals surface area (Å²) in [6, 6.07) is -1.01. The molecule has 0 saturated carbocycles. The Balaban J connectivity index is 2.67. The van der Waals surface area contributed by atoms with Crippen LogP contribution in [0.4, 0.5) is 0 Å². The van der Waals surface area contributed by atoms with E-state index in [0.717, 1.165) is 50.3 Å². The van der Waals surface area contributed by atoms with E-state index in [2.05, 4.69) is 21.5 Å². The minimum absolute atomic E-state index is 0.0526. The molecule has 6 amide bonds. The second kappa shape index (κ2) is 30.4. The first kappa shape index (κ1) is 52.4. The van der Waals surface area contributed by atoms with Crippen LogP contribution in [0.25, 0.3) is 0 Å². The van der Waals surface area contributed by atoms with Crippen LogP contribution in [0.5, 0.6) is 0 Å². The number of aliphatic carboxylic acids is 1. The summed E-state index contributed by atoms with van der Waals surface area (Å²) in [5, 5.41) is 44.2. The van der Waals surface area contributed by atoms with E-state index in [1.165, 1.54) is 6.92 Å². The number of thioether (sulfide) groups is 1. The molecule has 1 aliphatic rings. The maximum Gasteiger partial charge on any atom is 0.303 e. The van der Waals surface area contributed by atoms with Crippen molar-refractivity contribution in [1.29, 1.82) is 0 Å². The van der Waals surface area contributed by atoms with Gasteiger partial charge in [0.2, 0.25) is 35.4 Å². The number of unbranched alkanes of at least 4 members (excludes halogenated alkanes) is 7. The lowest BCUT2D eigenvalue weighted by molar-refractivity contribution is -0.173. The third-order valence-electron chi connectivity index (χ3n) is 8.75. The fourth-order valence-electron chi connectivity index (χ4n) is 5.67. The molecule has 1 aliphatic heterocycles. The van der Waals surface area contributed by atoms with Crippen LogP contribution in [0, 0.1) is 0 Å². The summed E-state index contributed by atoms with van der Waals surface area (Å²) in [7, 11) is 0. The zero-order valence-corrected chi connectivity index (χ0v) is 34.1. The summed E-state index contributed by atoms with van der Waals surface area (Å²) in [6.07, 6.45) is 2.63. The highest BCUT2D eigenvalue weighted by atomic mass is 32.2. The molecule has 58 heavy (non-hydrogen) atoms. The predicted molar refractivity (Wildman–Crippen MR) is 208 cm³/mol. The minimum atomic E-state index is -1.44. The van der Waals surface area contributed by atoms with E-state index in [-0.39, 0.29) is 89.8 Å². The number of amides is 6. The Labute approximate surface area is 342 Å². The average molecular weight is 853 g/mol. The van der Waals surface area contributed by atoms with Crippen molar-refractivity contribution in [1.82, 2.24) is 21.5 Å². The predicted octanol–water partition coefficient (Wildman–Crippen LogP) is -1.77. The number of nitrogens with two attached hydrogens (primary N) is 2. The summed E-state index contributed by atoms with van der Waals surface area (Å²) in [5.74, 6) is -3.82. The number of nitrogens with one attached hydrogen (secondary N) is 4. The number of carbonyl (C=O) groups excluding carboxylic acids is 6. The fourth-order valence-corrected chi connectivity index (χ4v) is 6.87. The highest BCUT2D eigenvalue weighted by Crippen LogP contribution is 2.29. The molecule has 1 fully saturated rings.